The number of nitrogen functional groups attached to an aromatic ring is 1. The topological polar surface area (TPSA) is 204 Å². The van der Waals surface area contributed by atoms with E-state index >= 15 is 0 Å². The number of aliphatic hydroxyl groups is 3. The van der Waals surface area contributed by atoms with Gasteiger partial charge >= 0.3 is 7.75 Å². The molecule has 1 aliphatic carbocycles. The van der Waals surface area contributed by atoms with Crippen LogP contribution in [0.15, 0.2) is 43.0 Å². The fraction of sp³-hybridized carbons (Fsp3) is 0.500. The number of hydrogen-bond donors (Lipinski definition) is 5. The zero-order valence-electron chi connectivity index (χ0n) is 22.0. The van der Waals surface area contributed by atoms with Crippen LogP contribution in [0, 0.1) is 5.41 Å². The summed E-state index contributed by atoms with van der Waals surface area (Å²) in [6.07, 6.45) is -0.750. The number of carbonyl (C=O) groups is 1. The molecule has 5 rings (SSSR count). The lowest BCUT2D eigenvalue weighted by Gasteiger charge is -2.33. The highest BCUT2D eigenvalue weighted by Crippen LogP contribution is 2.65. The minimum atomic E-state index is -4.15. The second-order valence-electron chi connectivity index (χ2n) is 10.5. The molecule has 2 aromatic heterocycles. The molecule has 14 nitrogen and oxygen atoms in total. The van der Waals surface area contributed by atoms with E-state index in [0.717, 1.165) is 11.8 Å². The number of aromatic nitrogens is 4. The highest BCUT2D eigenvalue weighted by Gasteiger charge is 2.84. The van der Waals surface area contributed by atoms with Crippen molar-refractivity contribution >= 4 is 47.3 Å². The van der Waals surface area contributed by atoms with Crippen LogP contribution < -0.4 is 10.8 Å². The highest BCUT2D eigenvalue weighted by atomic mass is 32.2. The Balaban J connectivity index is 1.31. The Morgan fingerprint density at radius 3 is 2.65 bits per heavy atom. The fourth-order valence-electron chi connectivity index (χ4n) is 4.51. The summed E-state index contributed by atoms with van der Waals surface area (Å²) in [6.45, 7) is 4.16. The third-order valence-corrected chi connectivity index (χ3v) is 9.80. The molecule has 1 saturated heterocycles. The lowest BCUT2D eigenvalue weighted by molar-refractivity contribution is -0.154. The number of carbonyl (C=O) groups excluding carboxylic acids is 1. The normalized spacial score (nSPS) is 29.2. The van der Waals surface area contributed by atoms with Gasteiger partial charge in [0.15, 0.2) is 28.4 Å². The maximum atomic E-state index is 13.9. The first kappa shape index (κ1) is 28.9. The van der Waals surface area contributed by atoms with Gasteiger partial charge in [-0.2, -0.15) is 0 Å². The number of hydrogen-bond acceptors (Lipinski definition) is 13. The minimum absolute atomic E-state index is 0.138. The molecule has 1 saturated carbocycles. The van der Waals surface area contributed by atoms with Crippen LogP contribution in [0.2, 0.25) is 0 Å². The smallest absolute Gasteiger partial charge is 0.395 e. The predicted molar refractivity (Wildman–Crippen MR) is 146 cm³/mol. The van der Waals surface area contributed by atoms with E-state index in [-0.39, 0.29) is 29.9 Å². The van der Waals surface area contributed by atoms with Crippen LogP contribution in [0.5, 0.6) is 0 Å². The Morgan fingerprint density at radius 1 is 1.27 bits per heavy atom. The second-order valence-corrected chi connectivity index (χ2v) is 13.2. The van der Waals surface area contributed by atoms with Crippen LogP contribution in [-0.4, -0.2) is 82.3 Å². The number of aliphatic hydroxyl groups excluding tert-OH is 1. The van der Waals surface area contributed by atoms with Gasteiger partial charge in [0.2, 0.25) is 0 Å². The van der Waals surface area contributed by atoms with E-state index < -0.39 is 42.8 Å². The van der Waals surface area contributed by atoms with Crippen LogP contribution in [0.25, 0.3) is 11.2 Å². The number of nitrogens with zero attached hydrogens (tertiary/aromatic N) is 4. The van der Waals surface area contributed by atoms with Crippen molar-refractivity contribution in [3.8, 4) is 0 Å². The molecule has 1 aliphatic heterocycles. The largest absolute Gasteiger partial charge is 0.433 e. The van der Waals surface area contributed by atoms with Gasteiger partial charge in [0.25, 0.3) is 0 Å². The maximum absolute atomic E-state index is 13.9. The van der Waals surface area contributed by atoms with Crippen molar-refractivity contribution in [3.05, 3.63) is 43.0 Å². The molecular weight excluding hydrogens is 563 g/mol. The molecule has 0 radical (unpaired) electrons. The van der Waals surface area contributed by atoms with Crippen molar-refractivity contribution in [1.29, 1.82) is 0 Å². The SMILES string of the molecule is CC(C)(CO)C(=O)SCCOP(=O)(Nc1ccccc1)O[C@H]1[C@H]2O[C@@H](n3cnc4c(N)ncnc43)[C@](C)(O)[C@]21O. The van der Waals surface area contributed by atoms with Gasteiger partial charge in [-0.3, -0.25) is 23.5 Å². The predicted octanol–water partition coefficient (Wildman–Crippen LogP) is 1.70. The van der Waals surface area contributed by atoms with Gasteiger partial charge in [-0.1, -0.05) is 30.0 Å². The number of nitrogens with two attached hydrogens (primary N) is 1. The number of ether oxygens (including phenoxy) is 1. The van der Waals surface area contributed by atoms with E-state index in [4.69, 9.17) is 19.5 Å². The number of benzene rings is 1. The van der Waals surface area contributed by atoms with Crippen molar-refractivity contribution in [3.63, 3.8) is 0 Å². The van der Waals surface area contributed by atoms with Crippen LogP contribution in [0.1, 0.15) is 27.0 Å². The summed E-state index contributed by atoms with van der Waals surface area (Å²) in [5.41, 5.74) is 2.11. The van der Waals surface area contributed by atoms with Crippen molar-refractivity contribution in [1.82, 2.24) is 19.5 Å². The van der Waals surface area contributed by atoms with Gasteiger partial charge in [0, 0.05) is 11.4 Å². The highest BCUT2D eigenvalue weighted by molar-refractivity contribution is 8.13. The fourth-order valence-corrected chi connectivity index (χ4v) is 6.99. The number of anilines is 2. The number of fused-ring (bicyclic) bond motifs is 2. The monoisotopic (exact) mass is 594 g/mol. The van der Waals surface area contributed by atoms with Crippen LogP contribution >= 0.6 is 19.5 Å². The average Bonchev–Trinajstić information content (AvgIpc) is 3.18. The Hall–Kier alpha value is -2.62. The molecule has 2 fully saturated rings. The number of thioether (sulfide) groups is 1. The summed E-state index contributed by atoms with van der Waals surface area (Å²) in [5.74, 6) is 0.288. The van der Waals surface area contributed by atoms with E-state index in [1.165, 1.54) is 24.1 Å². The van der Waals surface area contributed by atoms with Gasteiger partial charge in [-0.05, 0) is 32.9 Å². The molecule has 3 heterocycles. The molecular formula is C24H31N6O8PS. The van der Waals surface area contributed by atoms with Gasteiger partial charge < -0.3 is 25.8 Å². The molecule has 3 aromatic rings. The zero-order chi connectivity index (χ0) is 28.9. The zero-order valence-corrected chi connectivity index (χ0v) is 23.7. The molecule has 0 bridgehead atoms. The number of rotatable bonds is 11. The molecule has 216 valence electrons. The molecule has 0 spiro atoms. The average molecular weight is 595 g/mol. The van der Waals surface area contributed by atoms with Gasteiger partial charge in [-0.15, -0.1) is 0 Å². The number of nitrogens with one attached hydrogen (secondary N) is 1. The summed E-state index contributed by atoms with van der Waals surface area (Å²) in [4.78, 5) is 24.6. The van der Waals surface area contributed by atoms with Crippen molar-refractivity contribution in [2.45, 2.75) is 50.4 Å². The molecule has 6 N–H and O–H groups in total. The Kier molecular flexibility index (Phi) is 7.46. The first-order valence-electron chi connectivity index (χ1n) is 12.4. The van der Waals surface area contributed by atoms with E-state index in [1.807, 2.05) is 0 Å². The molecule has 16 heteroatoms. The quantitative estimate of drug-likeness (QED) is 0.158. The summed E-state index contributed by atoms with van der Waals surface area (Å²) >= 11 is 0.935. The van der Waals surface area contributed by atoms with Gasteiger partial charge in [0.1, 0.15) is 29.7 Å². The summed E-state index contributed by atoms with van der Waals surface area (Å²) in [7, 11) is -4.15. The van der Waals surface area contributed by atoms with E-state index in [9.17, 15) is 24.7 Å². The van der Waals surface area contributed by atoms with Crippen LogP contribution in [0.4, 0.5) is 11.5 Å². The van der Waals surface area contributed by atoms with E-state index in [0.29, 0.717) is 16.9 Å². The summed E-state index contributed by atoms with van der Waals surface area (Å²) < 4.78 is 32.7. The second kappa shape index (κ2) is 10.3. The molecule has 6 atom stereocenters. The number of imidazole rings is 1. The van der Waals surface area contributed by atoms with E-state index in [1.54, 1.807) is 44.2 Å². The van der Waals surface area contributed by atoms with E-state index in [2.05, 4.69) is 20.0 Å². The molecule has 1 unspecified atom stereocenters. The first-order valence-corrected chi connectivity index (χ1v) is 14.9. The van der Waals surface area contributed by atoms with Crippen molar-refractivity contribution in [2.24, 2.45) is 5.41 Å². The van der Waals surface area contributed by atoms with Gasteiger partial charge in [-0.25, -0.2) is 19.5 Å². The Labute approximate surface area is 233 Å². The summed E-state index contributed by atoms with van der Waals surface area (Å²) in [6, 6.07) is 8.54. The number of para-hydroxylation sites is 1. The summed E-state index contributed by atoms with van der Waals surface area (Å²) in [5, 5.41) is 34.8. The van der Waals surface area contributed by atoms with Crippen LogP contribution in [-0.2, 0) is 23.1 Å². The van der Waals surface area contributed by atoms with Crippen molar-refractivity contribution in [2.75, 3.05) is 29.8 Å². The first-order chi connectivity index (χ1) is 18.8. The molecule has 40 heavy (non-hydrogen) atoms. The van der Waals surface area contributed by atoms with Gasteiger partial charge in [0.05, 0.1) is 25.0 Å². The maximum Gasteiger partial charge on any atom is 0.433 e. The Bertz CT molecular complexity index is 1460. The third-order valence-electron chi connectivity index (χ3n) is 7.06. The lowest BCUT2D eigenvalue weighted by Crippen LogP contribution is -2.48. The minimum Gasteiger partial charge on any atom is -0.395 e. The molecule has 1 aromatic carbocycles. The van der Waals surface area contributed by atoms with Crippen molar-refractivity contribution < 1.29 is 38.5 Å². The third kappa shape index (κ3) is 4.90. The van der Waals surface area contributed by atoms with Crippen LogP contribution in [0.3, 0.4) is 0 Å². The molecule has 0 amide bonds. The molecule has 2 aliphatic rings. The standard InChI is InChI=1S/C24H31N6O8PS/c1-22(2,11-31)21(32)40-10-9-36-39(35,29-14-7-5-4-6-8-14)38-17-16-24(17,34)23(3,33)20(37-16)30-13-28-15-18(25)26-12-27-19(15)30/h4-8,12-13,16-17,20,31,33-34H,9-11H2,1-3H3,(H,29,35)(H2,25,26,27)/t16-,17+,20-,23+,24+,39?/m1/s1. The Morgan fingerprint density at radius 2 is 2.00 bits per heavy atom. The lowest BCUT2D eigenvalue weighted by atomic mass is 9.95.